The molecular weight excluding hydrogens is 731 g/mol. The minimum absolute atomic E-state index is 0.0468. The average Bonchev–Trinajstić information content (AvgIpc) is 3.59. The molecule has 7 rings (SSSR count). The van der Waals surface area contributed by atoms with Crippen LogP contribution in [0.15, 0.2) is 42.5 Å². The summed E-state index contributed by atoms with van der Waals surface area (Å²) in [5, 5.41) is 21.3. The van der Waals surface area contributed by atoms with E-state index in [-0.39, 0.29) is 40.6 Å². The molecule has 9 nitrogen and oxygen atoms in total. The van der Waals surface area contributed by atoms with Crippen molar-refractivity contribution in [1.29, 1.82) is 0 Å². The van der Waals surface area contributed by atoms with Crippen LogP contribution in [0, 0.1) is 29.4 Å². The summed E-state index contributed by atoms with van der Waals surface area (Å²) in [6.07, 6.45) is -5.51. The number of nitrogens with one attached hydrogen (secondary N) is 1. The van der Waals surface area contributed by atoms with E-state index in [1.54, 1.807) is 25.2 Å². The van der Waals surface area contributed by atoms with Gasteiger partial charge in [0, 0.05) is 35.7 Å². The molecule has 17 heteroatoms. The predicted molar refractivity (Wildman–Crippen MR) is 179 cm³/mol. The Labute approximate surface area is 301 Å². The number of hydrogen-bond acceptors (Lipinski definition) is 6. The second-order valence-corrected chi connectivity index (χ2v) is 14.1. The van der Waals surface area contributed by atoms with Gasteiger partial charge in [-0.05, 0) is 74.4 Å². The van der Waals surface area contributed by atoms with Crippen molar-refractivity contribution in [3.05, 3.63) is 93.0 Å². The monoisotopic (exact) mass is 759 g/mol. The molecule has 276 valence electrons. The fraction of sp³-hybridized carbons (Fsp3) is 0.333. The topological polar surface area (TPSA) is 124 Å². The molecule has 5 aromatic rings. The lowest BCUT2D eigenvalue weighted by molar-refractivity contribution is -0.142. The first-order valence-corrected chi connectivity index (χ1v) is 16.6. The average molecular weight is 760 g/mol. The summed E-state index contributed by atoms with van der Waals surface area (Å²) in [4.78, 5) is 18.5. The van der Waals surface area contributed by atoms with Crippen LogP contribution in [-0.4, -0.2) is 41.2 Å². The number of amides is 1. The van der Waals surface area contributed by atoms with E-state index in [9.17, 15) is 31.9 Å². The van der Waals surface area contributed by atoms with Crippen LogP contribution in [0.2, 0.25) is 5.02 Å². The Hall–Kier alpha value is -5.14. The molecule has 0 aliphatic heterocycles. The number of alkyl halides is 5. The van der Waals surface area contributed by atoms with Gasteiger partial charge in [-0.2, -0.15) is 32.1 Å². The van der Waals surface area contributed by atoms with Crippen LogP contribution in [0.4, 0.5) is 36.6 Å². The standard InChI is InChI=1S/C36H29ClF7N7O2/c1-34(2,53)9-8-19-4-5-20(21-6-7-24(37)28-30(21)50(3)49-33(28)45)29(46-19)25(12-16-10-17(38)13-18(39)11-16)47-26(52)15-51-32-27(31(48-51)36(42,43)44)22-14-23(22)35(32,40)41/h4-7,10-11,13,22-23,25,53H,12,14-15H2,1-3H3,(H2,45,49)(H,47,52)/t22-,23+,25?/m0/s1. The van der Waals surface area contributed by atoms with E-state index in [0.717, 1.165) is 12.1 Å². The zero-order valence-electron chi connectivity index (χ0n) is 28.1. The van der Waals surface area contributed by atoms with Crippen LogP contribution in [0.1, 0.15) is 66.1 Å². The van der Waals surface area contributed by atoms with Crippen molar-refractivity contribution in [1.82, 2.24) is 29.9 Å². The number of anilines is 1. The lowest BCUT2D eigenvalue weighted by Crippen LogP contribution is -2.35. The Bertz CT molecular complexity index is 2370. The van der Waals surface area contributed by atoms with Gasteiger partial charge in [0.2, 0.25) is 5.91 Å². The van der Waals surface area contributed by atoms with Gasteiger partial charge in [-0.15, -0.1) is 0 Å². The summed E-state index contributed by atoms with van der Waals surface area (Å²) in [6, 6.07) is 7.68. The molecule has 0 saturated heterocycles. The number of nitrogen functional groups attached to an aromatic ring is 1. The highest BCUT2D eigenvalue weighted by Gasteiger charge is 2.68. The lowest BCUT2D eigenvalue weighted by atomic mass is 9.93. The highest BCUT2D eigenvalue weighted by Crippen LogP contribution is 2.68. The van der Waals surface area contributed by atoms with Crippen molar-refractivity contribution in [3.63, 3.8) is 0 Å². The van der Waals surface area contributed by atoms with Crippen molar-refractivity contribution < 1.29 is 40.6 Å². The molecule has 0 bridgehead atoms. The Balaban J connectivity index is 1.37. The molecule has 0 radical (unpaired) electrons. The normalized spacial score (nSPS) is 18.0. The van der Waals surface area contributed by atoms with Crippen LogP contribution >= 0.6 is 11.6 Å². The van der Waals surface area contributed by atoms with Crippen molar-refractivity contribution in [2.24, 2.45) is 13.0 Å². The third-order valence-electron chi connectivity index (χ3n) is 9.20. The van der Waals surface area contributed by atoms with Gasteiger partial charge in [0.25, 0.3) is 5.92 Å². The van der Waals surface area contributed by atoms with E-state index >= 15 is 8.78 Å². The number of pyridine rings is 1. The van der Waals surface area contributed by atoms with Crippen LogP contribution in [0.25, 0.3) is 22.0 Å². The van der Waals surface area contributed by atoms with Crippen LogP contribution in [-0.2, 0) is 36.9 Å². The maximum absolute atomic E-state index is 15.3. The van der Waals surface area contributed by atoms with Gasteiger partial charge in [-0.1, -0.05) is 23.6 Å². The maximum Gasteiger partial charge on any atom is 0.435 e. The highest BCUT2D eigenvalue weighted by molar-refractivity contribution is 6.37. The van der Waals surface area contributed by atoms with E-state index < -0.39 is 76.6 Å². The van der Waals surface area contributed by atoms with Crippen LogP contribution < -0.4 is 11.1 Å². The molecule has 0 spiro atoms. The molecule has 53 heavy (non-hydrogen) atoms. The summed E-state index contributed by atoms with van der Waals surface area (Å²) >= 11 is 6.48. The summed E-state index contributed by atoms with van der Waals surface area (Å²) in [6.45, 7) is 1.84. The minimum atomic E-state index is -5.05. The van der Waals surface area contributed by atoms with E-state index in [2.05, 4.69) is 32.3 Å². The van der Waals surface area contributed by atoms with E-state index in [0.29, 0.717) is 32.8 Å². The number of benzene rings is 2. The summed E-state index contributed by atoms with van der Waals surface area (Å²) in [5.74, 6) is -3.41. The Morgan fingerprint density at radius 2 is 1.79 bits per heavy atom. The number of halogens is 8. The molecule has 1 fully saturated rings. The Morgan fingerprint density at radius 1 is 1.11 bits per heavy atom. The molecule has 3 heterocycles. The van der Waals surface area contributed by atoms with Crippen molar-refractivity contribution in [2.45, 2.75) is 62.9 Å². The number of nitrogens with two attached hydrogens (primary N) is 1. The highest BCUT2D eigenvalue weighted by atomic mass is 35.5. The number of carbonyl (C=O) groups excluding carboxylic acids is 1. The van der Waals surface area contributed by atoms with Gasteiger partial charge in [-0.3, -0.25) is 14.2 Å². The SMILES string of the molecule is Cn1nc(N)c2c(Cl)ccc(-c3ccc(C#CC(C)(C)O)nc3C(Cc3cc(F)cc(F)c3)NC(=O)Cn3nc(C(F)(F)F)c4c3C(F)(F)[C@@H]3C[C@H]43)c21. The van der Waals surface area contributed by atoms with Gasteiger partial charge in [0.1, 0.15) is 35.2 Å². The third-order valence-corrected chi connectivity index (χ3v) is 9.51. The molecule has 2 aliphatic rings. The number of aryl methyl sites for hydroxylation is 1. The van der Waals surface area contributed by atoms with E-state index in [1.807, 2.05) is 0 Å². The molecule has 4 N–H and O–H groups in total. The number of aliphatic hydroxyl groups is 1. The fourth-order valence-corrected chi connectivity index (χ4v) is 7.28. The third kappa shape index (κ3) is 6.67. The number of fused-ring (bicyclic) bond motifs is 4. The smallest absolute Gasteiger partial charge is 0.382 e. The molecule has 3 atom stereocenters. The van der Waals surface area contributed by atoms with Crippen LogP contribution in [0.3, 0.4) is 0 Å². The first kappa shape index (κ1) is 36.2. The van der Waals surface area contributed by atoms with Crippen molar-refractivity contribution in [3.8, 4) is 23.0 Å². The van der Waals surface area contributed by atoms with Gasteiger partial charge < -0.3 is 16.2 Å². The summed E-state index contributed by atoms with van der Waals surface area (Å²) in [5.41, 5.74) is 3.10. The molecular formula is C36H29ClF7N7O2. The van der Waals surface area contributed by atoms with Crippen molar-refractivity contribution >= 4 is 34.2 Å². The second-order valence-electron chi connectivity index (χ2n) is 13.7. The zero-order valence-corrected chi connectivity index (χ0v) is 28.8. The quantitative estimate of drug-likeness (QED) is 0.124. The minimum Gasteiger partial charge on any atom is -0.382 e. The van der Waals surface area contributed by atoms with Crippen LogP contribution in [0.5, 0.6) is 0 Å². The number of hydrogen-bond donors (Lipinski definition) is 3. The first-order chi connectivity index (χ1) is 24.7. The van der Waals surface area contributed by atoms with E-state index in [1.165, 1.54) is 24.6 Å². The number of nitrogens with zero attached hydrogens (tertiary/aromatic N) is 5. The maximum atomic E-state index is 15.3. The number of rotatable bonds is 7. The summed E-state index contributed by atoms with van der Waals surface area (Å²) < 4.78 is 103. The number of aromatic nitrogens is 5. The Morgan fingerprint density at radius 3 is 2.45 bits per heavy atom. The molecule has 1 saturated carbocycles. The second kappa shape index (κ2) is 12.5. The molecule has 1 amide bonds. The summed E-state index contributed by atoms with van der Waals surface area (Å²) in [7, 11) is 1.61. The molecule has 2 aliphatic carbocycles. The fourth-order valence-electron chi connectivity index (χ4n) is 7.03. The van der Waals surface area contributed by atoms with Gasteiger partial charge in [-0.25, -0.2) is 13.8 Å². The van der Waals surface area contributed by atoms with Gasteiger partial charge in [0.05, 0.1) is 27.7 Å². The Kier molecular flexibility index (Phi) is 8.53. The molecule has 2 aromatic carbocycles. The largest absolute Gasteiger partial charge is 0.435 e. The zero-order chi connectivity index (χ0) is 38.4. The number of carbonyl (C=O) groups is 1. The predicted octanol–water partition coefficient (Wildman–Crippen LogP) is 6.80. The molecule has 1 unspecified atom stereocenters. The molecule has 3 aromatic heterocycles. The lowest BCUT2D eigenvalue weighted by Gasteiger charge is -2.23. The van der Waals surface area contributed by atoms with E-state index in [4.69, 9.17) is 17.3 Å². The van der Waals surface area contributed by atoms with Crippen molar-refractivity contribution in [2.75, 3.05) is 5.73 Å². The van der Waals surface area contributed by atoms with Gasteiger partial charge in [0.15, 0.2) is 11.5 Å². The first-order valence-electron chi connectivity index (χ1n) is 16.2. The van der Waals surface area contributed by atoms with Gasteiger partial charge >= 0.3 is 6.18 Å².